The summed E-state index contributed by atoms with van der Waals surface area (Å²) in [5, 5.41) is 9.56. The van der Waals surface area contributed by atoms with E-state index in [1.807, 2.05) is 30.3 Å². The Hall–Kier alpha value is -4.32. The maximum Gasteiger partial charge on any atom is 0.131 e. The Labute approximate surface area is 176 Å². The average Bonchev–Trinajstić information content (AvgIpc) is 3.43. The third kappa shape index (κ3) is 2.88. The standard InChI is InChI=1S/C25H16FN5/c26-21-4-2-1-3-17(21)20-13-28-14-24-18(20)12-23(29-24)25-19-11-16(5-6-22(19)30-31-25)15-7-9-27-10-8-15/h1-14,29H,(H,30,31). The average molecular weight is 405 g/mol. The fourth-order valence-electron chi connectivity index (χ4n) is 4.02. The zero-order valence-electron chi connectivity index (χ0n) is 16.3. The predicted molar refractivity (Wildman–Crippen MR) is 120 cm³/mol. The summed E-state index contributed by atoms with van der Waals surface area (Å²) in [4.78, 5) is 11.8. The van der Waals surface area contributed by atoms with E-state index in [9.17, 15) is 4.39 Å². The topological polar surface area (TPSA) is 70.2 Å². The Morgan fingerprint density at radius 1 is 0.710 bits per heavy atom. The minimum atomic E-state index is -0.272. The van der Waals surface area contributed by atoms with E-state index in [1.54, 1.807) is 36.9 Å². The van der Waals surface area contributed by atoms with Crippen LogP contribution >= 0.6 is 0 Å². The summed E-state index contributed by atoms with van der Waals surface area (Å²) in [5.74, 6) is -0.272. The van der Waals surface area contributed by atoms with Gasteiger partial charge in [-0.2, -0.15) is 5.10 Å². The Morgan fingerprint density at radius 3 is 2.45 bits per heavy atom. The van der Waals surface area contributed by atoms with Crippen molar-refractivity contribution in [3.05, 3.63) is 91.3 Å². The zero-order valence-corrected chi connectivity index (χ0v) is 16.3. The van der Waals surface area contributed by atoms with E-state index in [2.05, 4.69) is 37.3 Å². The molecule has 6 heteroatoms. The minimum absolute atomic E-state index is 0.272. The van der Waals surface area contributed by atoms with Crippen molar-refractivity contribution in [2.45, 2.75) is 0 Å². The molecular formula is C25H16FN5. The summed E-state index contributed by atoms with van der Waals surface area (Å²) in [6.07, 6.45) is 7.01. The zero-order chi connectivity index (χ0) is 20.8. The van der Waals surface area contributed by atoms with Crippen LogP contribution in [0.5, 0.6) is 0 Å². The maximum atomic E-state index is 14.4. The van der Waals surface area contributed by atoms with Crippen molar-refractivity contribution in [3.8, 4) is 33.6 Å². The minimum Gasteiger partial charge on any atom is -0.352 e. The lowest BCUT2D eigenvalue weighted by atomic mass is 10.0. The van der Waals surface area contributed by atoms with Gasteiger partial charge in [0.1, 0.15) is 11.5 Å². The fraction of sp³-hybridized carbons (Fsp3) is 0. The second kappa shape index (κ2) is 6.88. The Morgan fingerprint density at radius 2 is 1.58 bits per heavy atom. The fourth-order valence-corrected chi connectivity index (χ4v) is 4.02. The molecule has 0 aliphatic rings. The summed E-state index contributed by atoms with van der Waals surface area (Å²) in [6, 6.07) is 18.9. The number of pyridine rings is 2. The summed E-state index contributed by atoms with van der Waals surface area (Å²) >= 11 is 0. The van der Waals surface area contributed by atoms with Gasteiger partial charge in [0.2, 0.25) is 0 Å². The molecule has 6 aromatic rings. The number of nitrogens with zero attached hydrogens (tertiary/aromatic N) is 3. The van der Waals surface area contributed by atoms with Crippen LogP contribution in [0.15, 0.2) is 85.5 Å². The van der Waals surface area contributed by atoms with E-state index < -0.39 is 0 Å². The molecule has 0 bridgehead atoms. The molecule has 2 N–H and O–H groups in total. The molecule has 0 unspecified atom stereocenters. The summed E-state index contributed by atoms with van der Waals surface area (Å²) in [7, 11) is 0. The number of hydrogen-bond acceptors (Lipinski definition) is 3. The van der Waals surface area contributed by atoms with E-state index in [1.165, 1.54) is 6.07 Å². The highest BCUT2D eigenvalue weighted by Crippen LogP contribution is 2.35. The Balaban J connectivity index is 1.53. The van der Waals surface area contributed by atoms with Gasteiger partial charge in [0.05, 0.1) is 22.9 Å². The first-order valence-corrected chi connectivity index (χ1v) is 9.88. The Kier molecular flexibility index (Phi) is 3.89. The summed E-state index contributed by atoms with van der Waals surface area (Å²) in [6.45, 7) is 0. The van der Waals surface area contributed by atoms with E-state index in [-0.39, 0.29) is 5.82 Å². The van der Waals surface area contributed by atoms with E-state index in [4.69, 9.17) is 0 Å². The number of aromatic nitrogens is 5. The van der Waals surface area contributed by atoms with Crippen LogP contribution < -0.4 is 0 Å². The van der Waals surface area contributed by atoms with Crippen LogP contribution in [-0.4, -0.2) is 25.1 Å². The van der Waals surface area contributed by atoms with Crippen LogP contribution in [0.4, 0.5) is 4.39 Å². The number of halogens is 1. The normalized spacial score (nSPS) is 11.4. The first-order valence-electron chi connectivity index (χ1n) is 9.88. The SMILES string of the molecule is Fc1ccccc1-c1cncc2[nH]c(-c3n[nH]c4ccc(-c5ccncc5)cc34)cc12. The van der Waals surface area contributed by atoms with Gasteiger partial charge in [-0.15, -0.1) is 0 Å². The van der Waals surface area contributed by atoms with Crippen molar-refractivity contribution >= 4 is 21.8 Å². The van der Waals surface area contributed by atoms with Crippen molar-refractivity contribution < 1.29 is 4.39 Å². The van der Waals surface area contributed by atoms with Crippen molar-refractivity contribution in [2.24, 2.45) is 0 Å². The number of fused-ring (bicyclic) bond motifs is 2. The van der Waals surface area contributed by atoms with E-state index in [0.29, 0.717) is 5.56 Å². The van der Waals surface area contributed by atoms with Gasteiger partial charge in [0.25, 0.3) is 0 Å². The second-order valence-corrected chi connectivity index (χ2v) is 7.38. The van der Waals surface area contributed by atoms with Crippen molar-refractivity contribution in [1.82, 2.24) is 25.1 Å². The van der Waals surface area contributed by atoms with Crippen molar-refractivity contribution in [1.29, 1.82) is 0 Å². The molecule has 4 aromatic heterocycles. The quantitative estimate of drug-likeness (QED) is 0.381. The smallest absolute Gasteiger partial charge is 0.131 e. The highest BCUT2D eigenvalue weighted by atomic mass is 19.1. The highest BCUT2D eigenvalue weighted by molar-refractivity contribution is 6.01. The van der Waals surface area contributed by atoms with Gasteiger partial charge in [-0.05, 0) is 47.5 Å². The monoisotopic (exact) mass is 405 g/mol. The lowest BCUT2D eigenvalue weighted by Gasteiger charge is -2.03. The molecule has 31 heavy (non-hydrogen) atoms. The van der Waals surface area contributed by atoms with Gasteiger partial charge < -0.3 is 4.98 Å². The molecule has 6 rings (SSSR count). The molecule has 0 aliphatic carbocycles. The molecule has 0 aliphatic heterocycles. The van der Waals surface area contributed by atoms with Crippen LogP contribution in [0.1, 0.15) is 0 Å². The first kappa shape index (κ1) is 17.5. The van der Waals surface area contributed by atoms with Crippen LogP contribution in [0, 0.1) is 5.82 Å². The highest BCUT2D eigenvalue weighted by Gasteiger charge is 2.15. The van der Waals surface area contributed by atoms with Gasteiger partial charge >= 0.3 is 0 Å². The summed E-state index contributed by atoms with van der Waals surface area (Å²) in [5.41, 5.74) is 6.87. The van der Waals surface area contributed by atoms with Gasteiger partial charge in [0, 0.05) is 40.5 Å². The molecule has 4 heterocycles. The summed E-state index contributed by atoms with van der Waals surface area (Å²) < 4.78 is 14.4. The van der Waals surface area contributed by atoms with E-state index in [0.717, 1.165) is 49.9 Å². The third-order valence-corrected chi connectivity index (χ3v) is 5.54. The molecule has 0 amide bonds. The molecule has 2 aromatic carbocycles. The number of H-pyrrole nitrogens is 2. The molecule has 0 saturated carbocycles. The first-order chi connectivity index (χ1) is 15.3. The van der Waals surface area contributed by atoms with Gasteiger partial charge in [-0.1, -0.05) is 24.3 Å². The van der Waals surface area contributed by atoms with Crippen LogP contribution in [0.2, 0.25) is 0 Å². The van der Waals surface area contributed by atoms with Crippen molar-refractivity contribution in [2.75, 3.05) is 0 Å². The molecular weight excluding hydrogens is 389 g/mol. The lowest BCUT2D eigenvalue weighted by Crippen LogP contribution is -1.85. The number of benzene rings is 2. The molecule has 148 valence electrons. The van der Waals surface area contributed by atoms with Crippen LogP contribution in [0.3, 0.4) is 0 Å². The van der Waals surface area contributed by atoms with E-state index >= 15 is 0 Å². The molecule has 0 radical (unpaired) electrons. The molecule has 0 saturated heterocycles. The molecule has 0 atom stereocenters. The van der Waals surface area contributed by atoms with Gasteiger partial charge in [-0.25, -0.2) is 4.39 Å². The number of aromatic amines is 2. The number of hydrogen-bond donors (Lipinski definition) is 2. The van der Waals surface area contributed by atoms with Crippen molar-refractivity contribution in [3.63, 3.8) is 0 Å². The molecule has 5 nitrogen and oxygen atoms in total. The number of nitrogens with one attached hydrogen (secondary N) is 2. The number of rotatable bonds is 3. The van der Waals surface area contributed by atoms with Gasteiger partial charge in [0.15, 0.2) is 0 Å². The molecule has 0 spiro atoms. The molecule has 0 fully saturated rings. The largest absolute Gasteiger partial charge is 0.352 e. The maximum absolute atomic E-state index is 14.4. The Bertz CT molecular complexity index is 1550. The predicted octanol–water partition coefficient (Wildman–Crippen LogP) is 5.97. The lowest BCUT2D eigenvalue weighted by molar-refractivity contribution is 0.631. The third-order valence-electron chi connectivity index (χ3n) is 5.54. The van der Waals surface area contributed by atoms with Crippen LogP contribution in [-0.2, 0) is 0 Å². The van der Waals surface area contributed by atoms with Crippen LogP contribution in [0.25, 0.3) is 55.4 Å². The van der Waals surface area contributed by atoms with Gasteiger partial charge in [-0.3, -0.25) is 15.1 Å². The second-order valence-electron chi connectivity index (χ2n) is 7.38.